The summed E-state index contributed by atoms with van der Waals surface area (Å²) in [5.41, 5.74) is 4.76. The fourth-order valence-corrected chi connectivity index (χ4v) is 4.97. The average molecular weight is 498 g/mol. The number of hydrogen-bond donors (Lipinski definition) is 1. The number of thiazole rings is 1. The van der Waals surface area contributed by atoms with Gasteiger partial charge in [0.1, 0.15) is 0 Å². The molecule has 1 aromatic heterocycles. The predicted octanol–water partition coefficient (Wildman–Crippen LogP) is 7.56. The number of carbonyl (C=O) groups is 1. The largest absolute Gasteiger partial charge is 0.298 e. The van der Waals surface area contributed by atoms with Gasteiger partial charge in [-0.05, 0) is 55.3 Å². The maximum absolute atomic E-state index is 12.8. The molecule has 0 fully saturated rings. The molecule has 0 saturated carbocycles. The van der Waals surface area contributed by atoms with E-state index in [1.54, 1.807) is 24.3 Å². The highest BCUT2D eigenvalue weighted by Gasteiger charge is 2.20. The predicted molar refractivity (Wildman–Crippen MR) is 134 cm³/mol. The van der Waals surface area contributed by atoms with Crippen molar-refractivity contribution in [1.29, 1.82) is 0 Å². The van der Waals surface area contributed by atoms with Gasteiger partial charge in [0.2, 0.25) is 0 Å². The first kappa shape index (κ1) is 22.9. The van der Waals surface area contributed by atoms with Gasteiger partial charge >= 0.3 is 0 Å². The van der Waals surface area contributed by atoms with E-state index in [1.165, 1.54) is 29.5 Å². The minimum absolute atomic E-state index is 0.00653. The first-order chi connectivity index (χ1) is 15.7. The molecule has 1 amide bonds. The van der Waals surface area contributed by atoms with Crippen molar-refractivity contribution in [2.75, 3.05) is 5.32 Å². The topological polar surface area (TPSA) is 85.1 Å². The number of benzene rings is 3. The summed E-state index contributed by atoms with van der Waals surface area (Å²) < 4.78 is 0. The van der Waals surface area contributed by atoms with Crippen molar-refractivity contribution in [3.8, 4) is 21.7 Å². The number of rotatable bonds is 5. The van der Waals surface area contributed by atoms with Crippen LogP contribution in [0.1, 0.15) is 21.5 Å². The van der Waals surface area contributed by atoms with Crippen molar-refractivity contribution in [3.05, 3.63) is 97.5 Å². The number of nitrogens with zero attached hydrogens (tertiary/aromatic N) is 2. The van der Waals surface area contributed by atoms with Crippen LogP contribution in [-0.2, 0) is 0 Å². The molecule has 0 aliphatic carbocycles. The number of aromatic nitrogens is 1. The molecule has 0 spiro atoms. The summed E-state index contributed by atoms with van der Waals surface area (Å²) in [7, 11) is 0. The third-order valence-electron chi connectivity index (χ3n) is 5.00. The van der Waals surface area contributed by atoms with Crippen LogP contribution < -0.4 is 5.32 Å². The van der Waals surface area contributed by atoms with E-state index in [4.69, 9.17) is 23.2 Å². The SMILES string of the molecule is Cc1ccc(-c2sc(NC(=O)c3ccc(Cl)cc3Cl)nc2-c2ccc([N+](=O)[O-])cc2)c(C)c1. The van der Waals surface area contributed by atoms with E-state index in [1.807, 2.05) is 26.0 Å². The molecule has 3 aromatic carbocycles. The minimum atomic E-state index is -0.447. The highest BCUT2D eigenvalue weighted by atomic mass is 35.5. The van der Waals surface area contributed by atoms with Crippen molar-refractivity contribution in [2.24, 2.45) is 0 Å². The van der Waals surface area contributed by atoms with Crippen LogP contribution in [0.25, 0.3) is 21.7 Å². The van der Waals surface area contributed by atoms with E-state index in [9.17, 15) is 14.9 Å². The molecule has 4 rings (SSSR count). The highest BCUT2D eigenvalue weighted by molar-refractivity contribution is 7.19. The van der Waals surface area contributed by atoms with Crippen molar-refractivity contribution in [1.82, 2.24) is 4.98 Å². The van der Waals surface area contributed by atoms with Crippen LogP contribution in [0.3, 0.4) is 0 Å². The van der Waals surface area contributed by atoms with Crippen LogP contribution in [0, 0.1) is 24.0 Å². The molecule has 0 unspecified atom stereocenters. The Balaban J connectivity index is 1.77. The number of nitrogens with one attached hydrogen (secondary N) is 1. The number of carbonyl (C=O) groups excluding carboxylic acids is 1. The Labute approximate surface area is 204 Å². The number of amides is 1. The van der Waals surface area contributed by atoms with Gasteiger partial charge in [0, 0.05) is 22.7 Å². The molecule has 1 N–H and O–H groups in total. The molecule has 6 nitrogen and oxygen atoms in total. The van der Waals surface area contributed by atoms with Gasteiger partial charge < -0.3 is 0 Å². The maximum atomic E-state index is 12.8. The molecule has 0 atom stereocenters. The molecule has 0 aliphatic heterocycles. The Kier molecular flexibility index (Phi) is 6.47. The van der Waals surface area contributed by atoms with Gasteiger partial charge in [-0.1, -0.05) is 58.3 Å². The second kappa shape index (κ2) is 9.31. The number of hydrogen-bond acceptors (Lipinski definition) is 5. The van der Waals surface area contributed by atoms with Crippen LogP contribution in [0.5, 0.6) is 0 Å². The van der Waals surface area contributed by atoms with Gasteiger partial charge in [0.15, 0.2) is 5.13 Å². The van der Waals surface area contributed by atoms with Crippen molar-refractivity contribution < 1.29 is 9.72 Å². The molecule has 1 heterocycles. The van der Waals surface area contributed by atoms with Crippen LogP contribution in [0.2, 0.25) is 10.0 Å². The molecular weight excluding hydrogens is 481 g/mol. The Hall–Kier alpha value is -3.26. The zero-order valence-electron chi connectivity index (χ0n) is 17.6. The monoisotopic (exact) mass is 497 g/mol. The number of halogens is 2. The first-order valence-electron chi connectivity index (χ1n) is 9.82. The molecule has 9 heteroatoms. The van der Waals surface area contributed by atoms with Gasteiger partial charge in [-0.15, -0.1) is 0 Å². The van der Waals surface area contributed by atoms with Crippen LogP contribution in [0.15, 0.2) is 60.7 Å². The van der Waals surface area contributed by atoms with E-state index < -0.39 is 10.8 Å². The average Bonchev–Trinajstić information content (AvgIpc) is 3.17. The van der Waals surface area contributed by atoms with E-state index in [2.05, 4.69) is 16.4 Å². The molecule has 0 saturated heterocycles. The third kappa shape index (κ3) is 4.90. The van der Waals surface area contributed by atoms with Crippen molar-refractivity contribution in [3.63, 3.8) is 0 Å². The fraction of sp³-hybridized carbons (Fsp3) is 0.0833. The molecule has 0 bridgehead atoms. The lowest BCUT2D eigenvalue weighted by molar-refractivity contribution is -0.384. The zero-order chi connectivity index (χ0) is 23.7. The van der Waals surface area contributed by atoms with Crippen LogP contribution in [0.4, 0.5) is 10.8 Å². The Bertz CT molecular complexity index is 1380. The smallest absolute Gasteiger partial charge is 0.269 e. The molecule has 0 radical (unpaired) electrons. The number of aryl methyl sites for hydroxylation is 2. The molecule has 4 aromatic rings. The molecule has 166 valence electrons. The summed E-state index contributed by atoms with van der Waals surface area (Å²) in [5.74, 6) is -0.409. The molecular formula is C24H17Cl2N3O3S. The van der Waals surface area contributed by atoms with Gasteiger partial charge in [0.05, 0.1) is 26.1 Å². The quantitative estimate of drug-likeness (QED) is 0.227. The number of non-ortho nitro benzene ring substituents is 1. The first-order valence-corrected chi connectivity index (χ1v) is 11.4. The Morgan fingerprint density at radius 1 is 1.03 bits per heavy atom. The lowest BCUT2D eigenvalue weighted by Gasteiger charge is -2.07. The normalized spacial score (nSPS) is 10.8. The van der Waals surface area contributed by atoms with E-state index in [-0.39, 0.29) is 16.3 Å². The second-order valence-electron chi connectivity index (χ2n) is 7.40. The second-order valence-corrected chi connectivity index (χ2v) is 9.24. The van der Waals surface area contributed by atoms with Crippen molar-refractivity contribution in [2.45, 2.75) is 13.8 Å². The van der Waals surface area contributed by atoms with Gasteiger partial charge in [-0.2, -0.15) is 0 Å². The summed E-state index contributed by atoms with van der Waals surface area (Å²) in [4.78, 5) is 28.9. The Morgan fingerprint density at radius 3 is 2.39 bits per heavy atom. The summed E-state index contributed by atoms with van der Waals surface area (Å²) in [6.07, 6.45) is 0. The Morgan fingerprint density at radius 2 is 1.76 bits per heavy atom. The molecule has 33 heavy (non-hydrogen) atoms. The van der Waals surface area contributed by atoms with Crippen molar-refractivity contribution >= 4 is 51.3 Å². The number of nitro groups is 1. The van der Waals surface area contributed by atoms with Gasteiger partial charge in [-0.25, -0.2) is 4.98 Å². The summed E-state index contributed by atoms with van der Waals surface area (Å²) in [6, 6.07) is 16.9. The van der Waals surface area contributed by atoms with Crippen LogP contribution in [-0.4, -0.2) is 15.8 Å². The maximum Gasteiger partial charge on any atom is 0.269 e. The molecule has 0 aliphatic rings. The van der Waals surface area contributed by atoms with Gasteiger partial charge in [-0.3, -0.25) is 20.2 Å². The van der Waals surface area contributed by atoms with E-state index >= 15 is 0 Å². The van der Waals surface area contributed by atoms with E-state index in [0.29, 0.717) is 21.4 Å². The summed E-state index contributed by atoms with van der Waals surface area (Å²) >= 11 is 13.4. The van der Waals surface area contributed by atoms with Gasteiger partial charge in [0.25, 0.3) is 11.6 Å². The zero-order valence-corrected chi connectivity index (χ0v) is 19.9. The number of nitro benzene ring substituents is 1. The van der Waals surface area contributed by atoms with Crippen LogP contribution >= 0.6 is 34.5 Å². The highest BCUT2D eigenvalue weighted by Crippen LogP contribution is 2.41. The van der Waals surface area contributed by atoms with E-state index in [0.717, 1.165) is 21.6 Å². The standard InChI is InChI=1S/C24H17Cl2N3O3S/c1-13-3-9-18(14(2)11-13)22-21(15-4-7-17(8-5-15)29(31)32)27-24(33-22)28-23(30)19-10-6-16(25)12-20(19)26/h3-12H,1-2H3,(H,27,28,30). The summed E-state index contributed by atoms with van der Waals surface area (Å²) in [5, 5.41) is 14.9. The summed E-state index contributed by atoms with van der Waals surface area (Å²) in [6.45, 7) is 4.02. The number of anilines is 1. The lowest BCUT2D eigenvalue weighted by Crippen LogP contribution is -2.12. The third-order valence-corrected chi connectivity index (χ3v) is 6.55. The fourth-order valence-electron chi connectivity index (χ4n) is 3.40. The minimum Gasteiger partial charge on any atom is -0.298 e. The lowest BCUT2D eigenvalue weighted by atomic mass is 10.0.